The quantitative estimate of drug-likeness (QED) is 0.391. The van der Waals surface area contributed by atoms with E-state index in [1.54, 1.807) is 12.1 Å². The molecule has 0 unspecified atom stereocenters. The van der Waals surface area contributed by atoms with Gasteiger partial charge in [-0.3, -0.25) is 14.9 Å². The Morgan fingerprint density at radius 1 is 1.19 bits per heavy atom. The van der Waals surface area contributed by atoms with Gasteiger partial charge in [0.25, 0.3) is 11.6 Å². The molecule has 8 nitrogen and oxygen atoms in total. The van der Waals surface area contributed by atoms with Gasteiger partial charge in [-0.2, -0.15) is 5.10 Å². The first-order valence-corrected chi connectivity index (χ1v) is 7.98. The molecule has 0 aliphatic rings. The Morgan fingerprint density at radius 2 is 1.93 bits per heavy atom. The highest BCUT2D eigenvalue weighted by Gasteiger charge is 2.18. The molecule has 136 valence electrons. The molecule has 2 aromatic carbocycles. The van der Waals surface area contributed by atoms with Gasteiger partial charge in [0.15, 0.2) is 0 Å². The molecule has 9 heteroatoms. The molecule has 3 rings (SSSR count). The number of nitro groups is 1. The number of nitrogens with one attached hydrogen (secondary N) is 1. The van der Waals surface area contributed by atoms with Crippen molar-refractivity contribution in [2.24, 2.45) is 5.10 Å². The number of phenolic OH excluding ortho intramolecular Hbond substituents is 1. The number of furan rings is 1. The zero-order valence-corrected chi connectivity index (χ0v) is 14.4. The summed E-state index contributed by atoms with van der Waals surface area (Å²) in [5.74, 6) is 0.144. The van der Waals surface area contributed by atoms with Gasteiger partial charge in [-0.15, -0.1) is 0 Å². The lowest BCUT2D eigenvalue weighted by atomic mass is 10.1. The molecule has 2 N–H and O–H groups in total. The van der Waals surface area contributed by atoms with Crippen LogP contribution in [0.4, 0.5) is 5.69 Å². The van der Waals surface area contributed by atoms with Crippen molar-refractivity contribution in [3.63, 3.8) is 0 Å². The van der Waals surface area contributed by atoms with E-state index in [2.05, 4.69) is 10.5 Å². The summed E-state index contributed by atoms with van der Waals surface area (Å²) < 4.78 is 5.52. The molecule has 0 aliphatic heterocycles. The van der Waals surface area contributed by atoms with E-state index in [0.29, 0.717) is 11.3 Å². The molecule has 0 atom stereocenters. The summed E-state index contributed by atoms with van der Waals surface area (Å²) in [4.78, 5) is 22.5. The van der Waals surface area contributed by atoms with Crippen LogP contribution < -0.4 is 5.43 Å². The number of nitro benzene ring substituents is 1. The summed E-state index contributed by atoms with van der Waals surface area (Å²) in [5.41, 5.74) is 2.73. The summed E-state index contributed by atoms with van der Waals surface area (Å²) in [5, 5.41) is 24.4. The molecule has 1 heterocycles. The number of halogens is 1. The Morgan fingerprint density at radius 3 is 2.63 bits per heavy atom. The van der Waals surface area contributed by atoms with Crippen molar-refractivity contribution in [2.45, 2.75) is 0 Å². The summed E-state index contributed by atoms with van der Waals surface area (Å²) in [6, 6.07) is 13.0. The number of amides is 1. The van der Waals surface area contributed by atoms with Gasteiger partial charge < -0.3 is 9.52 Å². The predicted molar refractivity (Wildman–Crippen MR) is 99.0 cm³/mol. The van der Waals surface area contributed by atoms with E-state index in [9.17, 15) is 20.0 Å². The van der Waals surface area contributed by atoms with Crippen LogP contribution in [0.3, 0.4) is 0 Å². The maximum atomic E-state index is 11.9. The molecule has 0 radical (unpaired) electrons. The predicted octanol–water partition coefficient (Wildman–Crippen LogP) is 3.98. The lowest BCUT2D eigenvalue weighted by molar-refractivity contribution is -0.384. The van der Waals surface area contributed by atoms with Crippen molar-refractivity contribution in [3.05, 3.63) is 81.1 Å². The van der Waals surface area contributed by atoms with Crippen LogP contribution in [-0.2, 0) is 0 Å². The van der Waals surface area contributed by atoms with Crippen LogP contribution in [0.15, 0.2) is 64.1 Å². The first kappa shape index (κ1) is 18.2. The standard InChI is InChI=1S/C18H12ClN3O5/c19-12-3-7-15(16(9-12)22(25)26)17-8-6-14(27-17)10-20-21-18(24)11-1-4-13(23)5-2-11/h1-10,23H,(H,21,24)/b20-10-. The second-order valence-corrected chi connectivity index (χ2v) is 5.80. The maximum absolute atomic E-state index is 11.9. The van der Waals surface area contributed by atoms with Gasteiger partial charge in [0, 0.05) is 16.7 Å². The van der Waals surface area contributed by atoms with Crippen molar-refractivity contribution in [2.75, 3.05) is 0 Å². The van der Waals surface area contributed by atoms with Crippen LogP contribution in [0.5, 0.6) is 5.75 Å². The number of nitrogens with zero attached hydrogens (tertiary/aromatic N) is 2. The van der Waals surface area contributed by atoms with Crippen LogP contribution in [0, 0.1) is 10.1 Å². The average molecular weight is 386 g/mol. The number of rotatable bonds is 5. The molecule has 0 aliphatic carbocycles. The summed E-state index contributed by atoms with van der Waals surface area (Å²) in [6.07, 6.45) is 1.27. The van der Waals surface area contributed by atoms with E-state index in [-0.39, 0.29) is 27.8 Å². The van der Waals surface area contributed by atoms with E-state index >= 15 is 0 Å². The van der Waals surface area contributed by atoms with Gasteiger partial charge in [0.1, 0.15) is 17.3 Å². The van der Waals surface area contributed by atoms with Crippen LogP contribution in [0.1, 0.15) is 16.1 Å². The fraction of sp³-hybridized carbons (Fsp3) is 0. The molecule has 1 amide bonds. The summed E-state index contributed by atoms with van der Waals surface area (Å²) in [7, 11) is 0. The van der Waals surface area contributed by atoms with E-state index < -0.39 is 10.8 Å². The minimum Gasteiger partial charge on any atom is -0.508 e. The van der Waals surface area contributed by atoms with Crippen molar-refractivity contribution >= 4 is 29.4 Å². The molecular weight excluding hydrogens is 374 g/mol. The molecule has 3 aromatic rings. The van der Waals surface area contributed by atoms with Gasteiger partial charge in [-0.25, -0.2) is 5.43 Å². The summed E-state index contributed by atoms with van der Waals surface area (Å²) >= 11 is 5.80. The second kappa shape index (κ2) is 7.71. The third-order valence-corrected chi connectivity index (χ3v) is 3.77. The molecule has 0 spiro atoms. The van der Waals surface area contributed by atoms with Gasteiger partial charge in [-0.1, -0.05) is 11.6 Å². The average Bonchev–Trinajstić information content (AvgIpc) is 3.10. The van der Waals surface area contributed by atoms with Gasteiger partial charge in [-0.05, 0) is 48.5 Å². The van der Waals surface area contributed by atoms with Crippen LogP contribution in [0.25, 0.3) is 11.3 Å². The number of benzene rings is 2. The normalized spacial score (nSPS) is 10.9. The molecule has 0 saturated carbocycles. The number of hydrogen-bond donors (Lipinski definition) is 2. The number of carbonyl (C=O) groups is 1. The lowest BCUT2D eigenvalue weighted by Crippen LogP contribution is -2.17. The van der Waals surface area contributed by atoms with Gasteiger partial charge in [0.2, 0.25) is 0 Å². The molecular formula is C18H12ClN3O5. The number of hydrazone groups is 1. The van der Waals surface area contributed by atoms with Crippen LogP contribution in [-0.4, -0.2) is 22.2 Å². The van der Waals surface area contributed by atoms with Gasteiger partial charge in [0.05, 0.1) is 16.7 Å². The first-order valence-electron chi connectivity index (χ1n) is 7.60. The van der Waals surface area contributed by atoms with E-state index in [4.69, 9.17) is 16.0 Å². The zero-order chi connectivity index (χ0) is 19.4. The Hall–Kier alpha value is -3.65. The molecule has 27 heavy (non-hydrogen) atoms. The van der Waals surface area contributed by atoms with E-state index in [0.717, 1.165) is 0 Å². The molecule has 0 saturated heterocycles. The number of hydrogen-bond acceptors (Lipinski definition) is 6. The highest BCUT2D eigenvalue weighted by Crippen LogP contribution is 2.33. The van der Waals surface area contributed by atoms with Crippen molar-refractivity contribution in [3.8, 4) is 17.1 Å². The third-order valence-electron chi connectivity index (χ3n) is 3.54. The summed E-state index contributed by atoms with van der Waals surface area (Å²) in [6.45, 7) is 0. The van der Waals surface area contributed by atoms with Crippen LogP contribution in [0.2, 0.25) is 5.02 Å². The van der Waals surface area contributed by atoms with Crippen molar-refractivity contribution in [1.82, 2.24) is 5.43 Å². The Balaban J connectivity index is 1.73. The smallest absolute Gasteiger partial charge is 0.281 e. The second-order valence-electron chi connectivity index (χ2n) is 5.37. The third kappa shape index (κ3) is 4.31. The fourth-order valence-corrected chi connectivity index (χ4v) is 2.43. The van der Waals surface area contributed by atoms with E-state index in [1.807, 2.05) is 0 Å². The largest absolute Gasteiger partial charge is 0.508 e. The van der Waals surface area contributed by atoms with Crippen molar-refractivity contribution < 1.29 is 19.2 Å². The SMILES string of the molecule is O=C(N/N=C\c1ccc(-c2ccc(Cl)cc2[N+](=O)[O-])o1)c1ccc(O)cc1. The molecule has 0 fully saturated rings. The first-order chi connectivity index (χ1) is 12.9. The lowest BCUT2D eigenvalue weighted by Gasteiger charge is -2.00. The van der Waals surface area contributed by atoms with Crippen LogP contribution >= 0.6 is 11.6 Å². The van der Waals surface area contributed by atoms with E-state index in [1.165, 1.54) is 48.7 Å². The topological polar surface area (TPSA) is 118 Å². The Labute approximate surface area is 157 Å². The molecule has 1 aromatic heterocycles. The Kier molecular flexibility index (Phi) is 5.18. The van der Waals surface area contributed by atoms with Crippen molar-refractivity contribution in [1.29, 1.82) is 0 Å². The maximum Gasteiger partial charge on any atom is 0.281 e. The monoisotopic (exact) mass is 385 g/mol. The fourth-order valence-electron chi connectivity index (χ4n) is 2.26. The minimum atomic E-state index is -0.546. The minimum absolute atomic E-state index is 0.0504. The highest BCUT2D eigenvalue weighted by atomic mass is 35.5. The Bertz CT molecular complexity index is 1030. The highest BCUT2D eigenvalue weighted by molar-refractivity contribution is 6.30. The zero-order valence-electron chi connectivity index (χ0n) is 13.6. The number of phenols is 1. The number of aromatic hydroxyl groups is 1. The number of carbonyl (C=O) groups excluding carboxylic acids is 1. The molecule has 0 bridgehead atoms. The van der Waals surface area contributed by atoms with Gasteiger partial charge >= 0.3 is 0 Å².